The summed E-state index contributed by atoms with van der Waals surface area (Å²) in [5.74, 6) is -0.200. The summed E-state index contributed by atoms with van der Waals surface area (Å²) in [6, 6.07) is 2.93. The van der Waals surface area contributed by atoms with Crippen LogP contribution in [-0.4, -0.2) is 74.9 Å². The van der Waals surface area contributed by atoms with Gasteiger partial charge in [0.2, 0.25) is 0 Å². The first-order chi connectivity index (χ1) is 12.5. The van der Waals surface area contributed by atoms with Crippen LogP contribution in [0.1, 0.15) is 17.3 Å². The van der Waals surface area contributed by atoms with E-state index in [2.05, 4.69) is 4.90 Å². The van der Waals surface area contributed by atoms with E-state index in [1.807, 2.05) is 0 Å². The highest BCUT2D eigenvalue weighted by molar-refractivity contribution is 6.33. The molecule has 0 spiro atoms. The molecule has 0 aliphatic carbocycles. The molecule has 2 N–H and O–H groups in total. The number of hydrogen-bond acceptors (Lipinski definition) is 7. The summed E-state index contributed by atoms with van der Waals surface area (Å²) in [5.41, 5.74) is 6.27. The topological polar surface area (TPSA) is 94.3 Å². The number of amides is 1. The highest BCUT2D eigenvalue weighted by atomic mass is 35.5. The van der Waals surface area contributed by atoms with Gasteiger partial charge < -0.3 is 24.8 Å². The molecule has 1 aromatic rings. The third-order valence-electron chi connectivity index (χ3n) is 4.08. The van der Waals surface area contributed by atoms with E-state index in [1.54, 1.807) is 11.8 Å². The number of carbonyl (C=O) groups is 2. The molecule has 0 aromatic heterocycles. The maximum absolute atomic E-state index is 12.3. The summed E-state index contributed by atoms with van der Waals surface area (Å²) in [7, 11) is 1.45. The lowest BCUT2D eigenvalue weighted by molar-refractivity contribution is 0.0409. The Balaban J connectivity index is 1.79. The zero-order chi connectivity index (χ0) is 19.1. The van der Waals surface area contributed by atoms with Gasteiger partial charge in [0.1, 0.15) is 17.9 Å². The summed E-state index contributed by atoms with van der Waals surface area (Å²) in [6.07, 6.45) is -0.286. The number of rotatable bonds is 6. The van der Waals surface area contributed by atoms with Crippen LogP contribution in [0.2, 0.25) is 5.02 Å². The predicted molar refractivity (Wildman–Crippen MR) is 97.7 cm³/mol. The number of piperazine rings is 1. The molecule has 2 rings (SSSR count). The Hall–Kier alpha value is -2.19. The van der Waals surface area contributed by atoms with Gasteiger partial charge in [0.05, 0.1) is 24.4 Å². The van der Waals surface area contributed by atoms with E-state index >= 15 is 0 Å². The van der Waals surface area contributed by atoms with Crippen LogP contribution in [0, 0.1) is 0 Å². The zero-order valence-corrected chi connectivity index (χ0v) is 15.8. The van der Waals surface area contributed by atoms with Crippen molar-refractivity contribution in [3.8, 4) is 5.75 Å². The number of nitrogen functional groups attached to an aromatic ring is 1. The molecule has 0 bridgehead atoms. The van der Waals surface area contributed by atoms with Gasteiger partial charge in [-0.3, -0.25) is 4.90 Å². The fourth-order valence-corrected chi connectivity index (χ4v) is 2.78. The number of esters is 1. The minimum atomic E-state index is -0.520. The van der Waals surface area contributed by atoms with Crippen molar-refractivity contribution < 1.29 is 23.8 Å². The van der Waals surface area contributed by atoms with Gasteiger partial charge in [-0.2, -0.15) is 0 Å². The average Bonchev–Trinajstić information content (AvgIpc) is 2.64. The van der Waals surface area contributed by atoms with Gasteiger partial charge in [-0.15, -0.1) is 0 Å². The molecule has 1 aromatic carbocycles. The first kappa shape index (κ1) is 20.1. The fraction of sp³-hybridized carbons (Fsp3) is 0.529. The zero-order valence-electron chi connectivity index (χ0n) is 15.0. The molecule has 1 saturated heterocycles. The van der Waals surface area contributed by atoms with Gasteiger partial charge in [0.15, 0.2) is 0 Å². The van der Waals surface area contributed by atoms with Crippen molar-refractivity contribution in [1.29, 1.82) is 0 Å². The Kier molecular flexibility index (Phi) is 7.35. The number of benzene rings is 1. The first-order valence-corrected chi connectivity index (χ1v) is 8.78. The van der Waals surface area contributed by atoms with Crippen LogP contribution >= 0.6 is 11.6 Å². The van der Waals surface area contributed by atoms with Gasteiger partial charge in [-0.25, -0.2) is 9.59 Å². The van der Waals surface area contributed by atoms with Crippen LogP contribution in [0.5, 0.6) is 5.75 Å². The van der Waals surface area contributed by atoms with Gasteiger partial charge in [0, 0.05) is 38.8 Å². The van der Waals surface area contributed by atoms with Crippen molar-refractivity contribution in [3.05, 3.63) is 22.7 Å². The van der Waals surface area contributed by atoms with Crippen LogP contribution in [0.3, 0.4) is 0 Å². The molecule has 1 amide bonds. The number of carbonyl (C=O) groups excluding carboxylic acids is 2. The second kappa shape index (κ2) is 9.49. The van der Waals surface area contributed by atoms with Gasteiger partial charge in [-0.05, 0) is 13.0 Å². The number of hydrogen-bond donors (Lipinski definition) is 1. The summed E-state index contributed by atoms with van der Waals surface area (Å²) in [5, 5.41) is 0.271. The quantitative estimate of drug-likeness (QED) is 0.590. The molecular weight excluding hydrogens is 362 g/mol. The first-order valence-electron chi connectivity index (χ1n) is 8.40. The third-order valence-corrected chi connectivity index (χ3v) is 4.41. The van der Waals surface area contributed by atoms with Crippen LogP contribution in [0.15, 0.2) is 12.1 Å². The summed E-state index contributed by atoms with van der Waals surface area (Å²) < 4.78 is 15.5. The Bertz CT molecular complexity index is 648. The van der Waals surface area contributed by atoms with E-state index in [1.165, 1.54) is 19.2 Å². The number of nitrogens with two attached hydrogens (primary N) is 1. The van der Waals surface area contributed by atoms with E-state index in [0.717, 1.165) is 0 Å². The molecule has 1 aliphatic heterocycles. The molecule has 26 heavy (non-hydrogen) atoms. The second-order valence-electron chi connectivity index (χ2n) is 5.74. The number of methoxy groups -OCH3 is 1. The standard InChI is InChI=1S/C17H24ClN3O5/c1-3-25-17(23)21-6-4-20(5-7-21)8-9-26-16(22)12-10-13(18)14(19)11-15(12)24-2/h10-11H,3-9,19H2,1-2H3. The number of nitrogens with zero attached hydrogens (tertiary/aromatic N) is 2. The lowest BCUT2D eigenvalue weighted by atomic mass is 10.2. The van der Waals surface area contributed by atoms with E-state index in [-0.39, 0.29) is 23.3 Å². The highest BCUT2D eigenvalue weighted by Gasteiger charge is 2.22. The average molecular weight is 386 g/mol. The summed E-state index contributed by atoms with van der Waals surface area (Å²) >= 11 is 5.97. The molecule has 1 aliphatic rings. The monoisotopic (exact) mass is 385 g/mol. The SMILES string of the molecule is CCOC(=O)N1CCN(CCOC(=O)c2cc(Cl)c(N)cc2OC)CC1. The van der Waals surface area contributed by atoms with Crippen molar-refractivity contribution >= 4 is 29.4 Å². The smallest absolute Gasteiger partial charge is 0.409 e. The van der Waals surface area contributed by atoms with Gasteiger partial charge in [0.25, 0.3) is 0 Å². The van der Waals surface area contributed by atoms with Crippen molar-refractivity contribution in [2.45, 2.75) is 6.92 Å². The Labute approximate surface area is 157 Å². The minimum Gasteiger partial charge on any atom is -0.496 e. The molecule has 0 radical (unpaired) electrons. The third kappa shape index (κ3) is 5.15. The lowest BCUT2D eigenvalue weighted by Crippen LogP contribution is -2.49. The van der Waals surface area contributed by atoms with Crippen molar-refractivity contribution in [2.24, 2.45) is 0 Å². The van der Waals surface area contributed by atoms with E-state index in [4.69, 9.17) is 31.5 Å². The van der Waals surface area contributed by atoms with Crippen molar-refractivity contribution in [2.75, 3.05) is 58.8 Å². The molecule has 0 saturated carbocycles. The Morgan fingerprint density at radius 1 is 1.19 bits per heavy atom. The van der Waals surface area contributed by atoms with E-state index < -0.39 is 5.97 Å². The predicted octanol–water partition coefficient (Wildman–Crippen LogP) is 1.86. The van der Waals surface area contributed by atoms with Crippen molar-refractivity contribution in [1.82, 2.24) is 9.80 Å². The largest absolute Gasteiger partial charge is 0.496 e. The number of anilines is 1. The Morgan fingerprint density at radius 3 is 2.50 bits per heavy atom. The van der Waals surface area contributed by atoms with Gasteiger partial charge in [-0.1, -0.05) is 11.6 Å². The molecule has 0 atom stereocenters. The van der Waals surface area contributed by atoms with Gasteiger partial charge >= 0.3 is 12.1 Å². The maximum Gasteiger partial charge on any atom is 0.409 e. The van der Waals surface area contributed by atoms with Crippen LogP contribution in [0.4, 0.5) is 10.5 Å². The Morgan fingerprint density at radius 2 is 1.88 bits per heavy atom. The van der Waals surface area contributed by atoms with Crippen molar-refractivity contribution in [3.63, 3.8) is 0 Å². The molecular formula is C17H24ClN3O5. The molecule has 144 valence electrons. The minimum absolute atomic E-state index is 0.226. The van der Waals surface area contributed by atoms with E-state index in [9.17, 15) is 9.59 Å². The van der Waals surface area contributed by atoms with Crippen LogP contribution in [0.25, 0.3) is 0 Å². The molecule has 1 heterocycles. The molecule has 0 unspecified atom stereocenters. The van der Waals surface area contributed by atoms with Crippen LogP contribution < -0.4 is 10.5 Å². The normalized spacial score (nSPS) is 14.8. The summed E-state index contributed by atoms with van der Waals surface area (Å²) in [4.78, 5) is 27.7. The van der Waals surface area contributed by atoms with Crippen LogP contribution in [-0.2, 0) is 9.47 Å². The maximum atomic E-state index is 12.3. The number of halogens is 1. The number of ether oxygens (including phenoxy) is 3. The van der Waals surface area contributed by atoms with E-state index in [0.29, 0.717) is 50.8 Å². The fourth-order valence-electron chi connectivity index (χ4n) is 2.61. The summed E-state index contributed by atoms with van der Waals surface area (Å²) in [6.45, 7) is 5.54. The molecule has 9 heteroatoms. The molecule has 1 fully saturated rings. The lowest BCUT2D eigenvalue weighted by Gasteiger charge is -2.33. The highest BCUT2D eigenvalue weighted by Crippen LogP contribution is 2.29. The molecule has 8 nitrogen and oxygen atoms in total. The second-order valence-corrected chi connectivity index (χ2v) is 6.14.